The van der Waals surface area contributed by atoms with Crippen molar-refractivity contribution < 1.29 is 82.6 Å². The van der Waals surface area contributed by atoms with Gasteiger partial charge in [-0.25, -0.2) is 19.4 Å². The number of nitrogens with zero attached hydrogens (tertiary/aromatic N) is 5. The molecule has 3 aromatic heterocycles. The van der Waals surface area contributed by atoms with Gasteiger partial charge < -0.3 is 50.9 Å². The SMILES string of the molecule is CO[C@@H]1[C@H](OP(=O)(NCCCCCC(=O)[O-])OC[C@H]2O[C@@H](n3ccc(N)nc3=O)[C@H](O)[C@@H]2O)[C@@H](CO)O[C@H]1n1cnc2c(=O)[nH]c(N)nc21.[Na+]. The van der Waals surface area contributed by atoms with E-state index in [0.29, 0.717) is 19.3 Å². The van der Waals surface area contributed by atoms with E-state index < -0.39 is 87.3 Å². The number of aliphatic hydroxyl groups is 3. The number of hydrogen-bond acceptors (Lipinski definition) is 18. The fourth-order valence-electron chi connectivity index (χ4n) is 5.53. The molecule has 0 saturated carbocycles. The van der Waals surface area contributed by atoms with Gasteiger partial charge in [0.2, 0.25) is 5.95 Å². The van der Waals surface area contributed by atoms with Crippen LogP contribution in [0.1, 0.15) is 38.1 Å². The summed E-state index contributed by atoms with van der Waals surface area (Å²) in [6.45, 7) is -1.26. The Hall–Kier alpha value is -2.83. The average Bonchev–Trinajstić information content (AvgIpc) is 3.71. The molecule has 0 aromatic carbocycles. The number of methoxy groups -OCH3 is 1. The first-order valence-corrected chi connectivity index (χ1v) is 16.7. The summed E-state index contributed by atoms with van der Waals surface area (Å²) in [7, 11) is -3.14. The van der Waals surface area contributed by atoms with Crippen molar-refractivity contribution in [3.05, 3.63) is 39.4 Å². The molecule has 2 aliphatic heterocycles. The standard InChI is InChI=1S/C26H38N9O13P.Na/c1-44-20-19(12(9-36)46-24(20)35-11-29-16-21(35)32-25(28)33-22(16)41)48-49(43,30-7-4-2-3-5-15(37)38)45-10-13-17(39)18(40)23(47-13)34-8-6-14(27)31-26(34)42;/h6,8,11-13,17-20,23-24,36,39-40H,2-5,7,9-10H2,1H3,(H,30,43)(H,37,38)(H2,27,31,42)(H3,28,32,33,41);/q;+1/p-1/t12-,13-,17-,18-,19-,20-,23-,24-,49?;/m1./s1. The molecular formula is C26H37N9NaO13P. The van der Waals surface area contributed by atoms with Crippen LogP contribution in [0, 0.1) is 0 Å². The molecule has 9 atom stereocenters. The maximum atomic E-state index is 14.3. The van der Waals surface area contributed by atoms with Crippen molar-refractivity contribution in [3.63, 3.8) is 0 Å². The largest absolute Gasteiger partial charge is 1.00 e. The molecule has 5 rings (SSSR count). The second-order valence-electron chi connectivity index (χ2n) is 11.3. The van der Waals surface area contributed by atoms with E-state index in [4.69, 9.17) is 34.7 Å². The van der Waals surface area contributed by atoms with E-state index in [0.717, 1.165) is 4.57 Å². The van der Waals surface area contributed by atoms with Gasteiger partial charge >= 0.3 is 43.0 Å². The summed E-state index contributed by atoms with van der Waals surface area (Å²) >= 11 is 0. The second kappa shape index (κ2) is 17.1. The first kappa shape index (κ1) is 39.9. The van der Waals surface area contributed by atoms with Gasteiger partial charge in [-0.2, -0.15) is 9.97 Å². The predicted molar refractivity (Wildman–Crippen MR) is 163 cm³/mol. The molecule has 3 aromatic rings. The number of carboxylic acids is 1. The first-order valence-electron chi connectivity index (χ1n) is 15.1. The number of nitrogens with two attached hydrogens (primary N) is 2. The Labute approximate surface area is 304 Å². The van der Waals surface area contributed by atoms with Crippen LogP contribution >= 0.6 is 7.75 Å². The van der Waals surface area contributed by atoms with Gasteiger partial charge in [0.15, 0.2) is 23.6 Å². The van der Waals surface area contributed by atoms with Gasteiger partial charge in [0.05, 0.1) is 19.5 Å². The van der Waals surface area contributed by atoms with Crippen LogP contribution in [0.25, 0.3) is 11.2 Å². The van der Waals surface area contributed by atoms with Crippen molar-refractivity contribution >= 4 is 36.6 Å². The Balaban J connectivity index is 0.00000562. The Morgan fingerprint density at radius 1 is 1.10 bits per heavy atom. The van der Waals surface area contributed by atoms with Gasteiger partial charge in [-0.05, 0) is 25.3 Å². The molecule has 24 heteroatoms. The summed E-state index contributed by atoms with van der Waals surface area (Å²) in [6, 6.07) is 1.29. The molecule has 270 valence electrons. The van der Waals surface area contributed by atoms with E-state index in [1.54, 1.807) is 0 Å². The maximum absolute atomic E-state index is 14.3. The zero-order valence-electron chi connectivity index (χ0n) is 27.1. The third-order valence-corrected chi connectivity index (χ3v) is 9.58. The molecule has 2 fully saturated rings. The van der Waals surface area contributed by atoms with Gasteiger partial charge in [0.25, 0.3) is 5.56 Å². The number of carbonyl (C=O) groups is 1. The number of carboxylic acid groups (broad SMARTS) is 1. The van der Waals surface area contributed by atoms with Crippen LogP contribution in [0.15, 0.2) is 28.2 Å². The van der Waals surface area contributed by atoms with Crippen molar-refractivity contribution in [3.8, 4) is 0 Å². The minimum atomic E-state index is -4.45. The number of aliphatic hydroxyl groups excluding tert-OH is 3. The molecule has 9 N–H and O–H groups in total. The minimum Gasteiger partial charge on any atom is -0.550 e. The number of nitrogens with one attached hydrogen (secondary N) is 2. The number of carbonyl (C=O) groups excluding carboxylic acids is 1. The van der Waals surface area contributed by atoms with Crippen molar-refractivity contribution in [2.24, 2.45) is 0 Å². The summed E-state index contributed by atoms with van der Waals surface area (Å²) in [4.78, 5) is 49.6. The van der Waals surface area contributed by atoms with Gasteiger partial charge in [-0.15, -0.1) is 0 Å². The third kappa shape index (κ3) is 8.78. The van der Waals surface area contributed by atoms with Gasteiger partial charge in [-0.1, -0.05) is 6.42 Å². The monoisotopic (exact) mass is 737 g/mol. The number of aromatic amines is 1. The van der Waals surface area contributed by atoms with Crippen LogP contribution < -0.4 is 62.5 Å². The molecule has 0 spiro atoms. The fourth-order valence-corrected chi connectivity index (χ4v) is 7.11. The number of rotatable bonds is 16. The maximum Gasteiger partial charge on any atom is 1.00 e. The first-order chi connectivity index (χ1) is 23.4. The quantitative estimate of drug-likeness (QED) is 0.0408. The number of hydrogen-bond donors (Lipinski definition) is 7. The smallest absolute Gasteiger partial charge is 0.550 e. The molecule has 1 unspecified atom stereocenters. The van der Waals surface area contributed by atoms with Crippen LogP contribution in [0.3, 0.4) is 0 Å². The number of unbranched alkanes of at least 4 members (excludes halogenated alkanes) is 2. The summed E-state index contributed by atoms with van der Waals surface area (Å²) in [5.74, 6) is -1.47. The molecule has 50 heavy (non-hydrogen) atoms. The van der Waals surface area contributed by atoms with Crippen LogP contribution in [0.2, 0.25) is 0 Å². The number of aliphatic carboxylic acids is 1. The second-order valence-corrected chi connectivity index (χ2v) is 13.0. The summed E-state index contributed by atoms with van der Waals surface area (Å²) < 4.78 is 45.6. The summed E-state index contributed by atoms with van der Waals surface area (Å²) in [5.41, 5.74) is 9.78. The van der Waals surface area contributed by atoms with E-state index in [2.05, 4.69) is 25.0 Å². The molecule has 0 amide bonds. The van der Waals surface area contributed by atoms with Crippen LogP contribution in [0.4, 0.5) is 11.8 Å². The molecule has 2 saturated heterocycles. The van der Waals surface area contributed by atoms with E-state index in [1.165, 1.54) is 30.3 Å². The van der Waals surface area contributed by atoms with Gasteiger partial charge in [0.1, 0.15) is 42.4 Å². The summed E-state index contributed by atoms with van der Waals surface area (Å²) in [5, 5.41) is 45.0. The number of aromatic nitrogens is 6. The molecule has 0 bridgehead atoms. The zero-order valence-corrected chi connectivity index (χ0v) is 30.0. The van der Waals surface area contributed by atoms with Gasteiger partial charge in [0, 0.05) is 25.8 Å². The number of anilines is 2. The Bertz CT molecular complexity index is 1790. The molecule has 0 aliphatic carbocycles. The van der Waals surface area contributed by atoms with Crippen LogP contribution in [-0.2, 0) is 32.6 Å². The molecule has 5 heterocycles. The third-order valence-electron chi connectivity index (χ3n) is 7.96. The Morgan fingerprint density at radius 3 is 2.52 bits per heavy atom. The van der Waals surface area contributed by atoms with Crippen molar-refractivity contribution in [1.82, 2.24) is 34.2 Å². The predicted octanol–water partition coefficient (Wildman–Crippen LogP) is -6.52. The Morgan fingerprint density at radius 2 is 1.84 bits per heavy atom. The normalized spacial score (nSPS) is 27.7. The number of nitrogen functional groups attached to an aromatic ring is 2. The number of imidazole rings is 1. The minimum absolute atomic E-state index is 0. The Kier molecular flexibility index (Phi) is 13.7. The van der Waals surface area contributed by atoms with Crippen molar-refractivity contribution in [2.45, 2.75) is 74.8 Å². The van der Waals surface area contributed by atoms with Crippen molar-refractivity contribution in [1.29, 1.82) is 0 Å². The zero-order chi connectivity index (χ0) is 35.5. The van der Waals surface area contributed by atoms with E-state index in [1.807, 2.05) is 0 Å². The number of ether oxygens (including phenoxy) is 3. The molecule has 2 aliphatic rings. The number of fused-ring (bicyclic) bond motifs is 1. The van der Waals surface area contributed by atoms with E-state index >= 15 is 0 Å². The molecule has 0 radical (unpaired) electrons. The van der Waals surface area contributed by atoms with E-state index in [-0.39, 0.29) is 65.5 Å². The van der Waals surface area contributed by atoms with Crippen LogP contribution in [-0.4, -0.2) is 114 Å². The summed E-state index contributed by atoms with van der Waals surface area (Å²) in [6.07, 6.45) is -7.25. The average molecular weight is 738 g/mol. The fraction of sp³-hybridized carbons (Fsp3) is 0.615. The number of H-pyrrole nitrogens is 1. The molecule has 22 nitrogen and oxygen atoms in total. The van der Waals surface area contributed by atoms with Crippen LogP contribution in [0.5, 0.6) is 0 Å². The molecular weight excluding hydrogens is 700 g/mol. The topological polar surface area (TPSA) is 327 Å². The van der Waals surface area contributed by atoms with Crippen molar-refractivity contribution in [2.75, 3.05) is 38.3 Å². The van der Waals surface area contributed by atoms with Gasteiger partial charge in [-0.3, -0.25) is 28.0 Å². The van der Waals surface area contributed by atoms with E-state index in [9.17, 15) is 39.4 Å².